The van der Waals surface area contributed by atoms with Crippen LogP contribution in [-0.2, 0) is 19.4 Å². The second kappa shape index (κ2) is 8.95. The second-order valence-corrected chi connectivity index (χ2v) is 8.07. The Kier molecular flexibility index (Phi) is 6.37. The summed E-state index contributed by atoms with van der Waals surface area (Å²) >= 11 is 0. The van der Waals surface area contributed by atoms with E-state index < -0.39 is 18.9 Å². The summed E-state index contributed by atoms with van der Waals surface area (Å²) in [6, 6.07) is 24.3. The molecule has 0 aromatic heterocycles. The van der Waals surface area contributed by atoms with Gasteiger partial charge in [0.15, 0.2) is 0 Å². The molecular weight excluding hydrogens is 391 g/mol. The number of para-hydroxylation sites is 2. The summed E-state index contributed by atoms with van der Waals surface area (Å²) in [4.78, 5) is 12.9. The molecule has 3 aromatic carbocycles. The zero-order valence-electron chi connectivity index (χ0n) is 15.8. The number of hydrogen-bond donors (Lipinski definition) is 1. The highest BCUT2D eigenvalue weighted by Gasteiger charge is 2.61. The van der Waals surface area contributed by atoms with Crippen LogP contribution in [0, 0.1) is 0 Å². The van der Waals surface area contributed by atoms with Crippen LogP contribution in [0.25, 0.3) is 0 Å². The summed E-state index contributed by atoms with van der Waals surface area (Å²) in [5.74, 6) is -0.780. The maximum absolute atomic E-state index is 14.1. The molecule has 1 atom stereocenters. The van der Waals surface area contributed by atoms with Gasteiger partial charge >= 0.3 is 18.9 Å². The first kappa shape index (κ1) is 20.6. The predicted octanol–water partition coefficient (Wildman–Crippen LogP) is 4.75. The lowest BCUT2D eigenvalue weighted by Gasteiger charge is -2.32. The van der Waals surface area contributed by atoms with Crippen LogP contribution in [0.4, 0.5) is 0 Å². The smallest absolute Gasteiger partial charge is 0.463 e. The molecule has 0 fully saturated rings. The van der Waals surface area contributed by atoms with Crippen molar-refractivity contribution in [1.29, 1.82) is 0 Å². The van der Waals surface area contributed by atoms with Crippen molar-refractivity contribution >= 4 is 13.6 Å². The number of carbonyl (C=O) groups is 1. The summed E-state index contributed by atoms with van der Waals surface area (Å²) in [6.45, 7) is 1.56. The SMILES string of the molecule is CCOC(=O)C(O)(c1ccccc1)P(=O)(Oc1ccccc1)Oc1ccccc1. The Bertz CT molecular complexity index is 932. The lowest BCUT2D eigenvalue weighted by molar-refractivity contribution is -0.158. The molecule has 0 saturated heterocycles. The Morgan fingerprint density at radius 1 is 0.828 bits per heavy atom. The van der Waals surface area contributed by atoms with E-state index in [1.807, 2.05) is 0 Å². The van der Waals surface area contributed by atoms with Crippen LogP contribution in [0.15, 0.2) is 91.0 Å². The minimum absolute atomic E-state index is 0.0232. The third kappa shape index (κ3) is 4.34. The molecule has 1 N–H and O–H groups in total. The van der Waals surface area contributed by atoms with Gasteiger partial charge in [-0.05, 0) is 31.2 Å². The third-order valence-electron chi connectivity index (χ3n) is 4.07. The molecule has 3 rings (SSSR count). The average molecular weight is 412 g/mol. The molecule has 1 unspecified atom stereocenters. The minimum Gasteiger partial charge on any atom is -0.463 e. The Hall–Kier alpha value is -3.08. The monoisotopic (exact) mass is 412 g/mol. The summed E-state index contributed by atoms with van der Waals surface area (Å²) in [7, 11) is -4.61. The number of carbonyl (C=O) groups excluding carboxylic acids is 1. The number of hydrogen-bond acceptors (Lipinski definition) is 6. The molecular formula is C22H21O6P. The van der Waals surface area contributed by atoms with Crippen LogP contribution in [0.2, 0.25) is 0 Å². The predicted molar refractivity (Wildman–Crippen MR) is 109 cm³/mol. The molecule has 0 amide bonds. The van der Waals surface area contributed by atoms with E-state index in [1.54, 1.807) is 85.8 Å². The van der Waals surface area contributed by atoms with E-state index in [1.165, 1.54) is 12.1 Å². The van der Waals surface area contributed by atoms with Crippen molar-refractivity contribution in [3.63, 3.8) is 0 Å². The number of rotatable bonds is 8. The molecule has 3 aromatic rings. The summed E-state index contributed by atoms with van der Waals surface area (Å²) in [6.07, 6.45) is 0. The van der Waals surface area contributed by atoms with E-state index in [2.05, 4.69) is 0 Å². The zero-order valence-corrected chi connectivity index (χ0v) is 16.7. The van der Waals surface area contributed by atoms with Gasteiger partial charge in [-0.15, -0.1) is 0 Å². The van der Waals surface area contributed by atoms with Crippen molar-refractivity contribution in [3.8, 4) is 11.5 Å². The topological polar surface area (TPSA) is 82.1 Å². The van der Waals surface area contributed by atoms with Crippen molar-refractivity contribution in [1.82, 2.24) is 0 Å². The van der Waals surface area contributed by atoms with Gasteiger partial charge in [0.25, 0.3) is 0 Å². The van der Waals surface area contributed by atoms with Gasteiger partial charge in [0.1, 0.15) is 11.5 Å². The molecule has 29 heavy (non-hydrogen) atoms. The molecule has 0 saturated carbocycles. The first-order chi connectivity index (χ1) is 14.0. The molecule has 0 aliphatic heterocycles. The Labute approximate surface area is 169 Å². The number of ether oxygens (including phenoxy) is 1. The number of esters is 1. The van der Waals surface area contributed by atoms with Gasteiger partial charge in [-0.3, -0.25) is 0 Å². The highest BCUT2D eigenvalue weighted by molar-refractivity contribution is 7.56. The minimum atomic E-state index is -4.61. The molecule has 0 aliphatic rings. The van der Waals surface area contributed by atoms with Crippen molar-refractivity contribution < 1.29 is 28.3 Å². The molecule has 150 valence electrons. The Morgan fingerprint density at radius 2 is 1.24 bits per heavy atom. The van der Waals surface area contributed by atoms with Gasteiger partial charge in [-0.1, -0.05) is 66.7 Å². The van der Waals surface area contributed by atoms with Gasteiger partial charge in [0.05, 0.1) is 6.61 Å². The van der Waals surface area contributed by atoms with E-state index in [4.69, 9.17) is 13.8 Å². The average Bonchev–Trinajstić information content (AvgIpc) is 2.75. The van der Waals surface area contributed by atoms with Gasteiger partial charge < -0.3 is 18.9 Å². The lowest BCUT2D eigenvalue weighted by atomic mass is 10.1. The normalized spacial score (nSPS) is 13.2. The van der Waals surface area contributed by atoms with Crippen LogP contribution in [0.3, 0.4) is 0 Å². The first-order valence-electron chi connectivity index (χ1n) is 9.04. The fourth-order valence-electron chi connectivity index (χ4n) is 2.68. The molecule has 0 spiro atoms. The Morgan fingerprint density at radius 3 is 1.66 bits per heavy atom. The first-order valence-corrected chi connectivity index (χ1v) is 10.6. The second-order valence-electron chi connectivity index (χ2n) is 6.06. The zero-order chi connectivity index (χ0) is 20.7. The van der Waals surface area contributed by atoms with Gasteiger partial charge in [0.2, 0.25) is 0 Å². The van der Waals surface area contributed by atoms with Gasteiger partial charge in [-0.25, -0.2) is 9.36 Å². The molecule has 0 bridgehead atoms. The van der Waals surface area contributed by atoms with E-state index in [9.17, 15) is 14.5 Å². The molecule has 0 heterocycles. The maximum atomic E-state index is 14.1. The molecule has 6 nitrogen and oxygen atoms in total. The lowest BCUT2D eigenvalue weighted by Crippen LogP contribution is -2.40. The van der Waals surface area contributed by atoms with Crippen molar-refractivity contribution in [2.24, 2.45) is 0 Å². The number of aliphatic hydroxyl groups is 1. The van der Waals surface area contributed by atoms with Crippen molar-refractivity contribution in [3.05, 3.63) is 96.6 Å². The largest absolute Gasteiger partial charge is 0.478 e. The molecule has 7 heteroatoms. The maximum Gasteiger partial charge on any atom is 0.478 e. The van der Waals surface area contributed by atoms with Gasteiger partial charge in [-0.2, -0.15) is 0 Å². The van der Waals surface area contributed by atoms with E-state index in [-0.39, 0.29) is 23.7 Å². The fraction of sp³-hybridized carbons (Fsp3) is 0.136. The molecule has 0 radical (unpaired) electrons. The number of benzene rings is 3. The van der Waals surface area contributed by atoms with Crippen molar-refractivity contribution in [2.45, 2.75) is 12.3 Å². The Balaban J connectivity index is 2.16. The quantitative estimate of drug-likeness (QED) is 0.425. The van der Waals surface area contributed by atoms with Crippen LogP contribution in [-0.4, -0.2) is 17.7 Å². The van der Waals surface area contributed by atoms with Crippen LogP contribution >= 0.6 is 7.60 Å². The fourth-order valence-corrected chi connectivity index (χ4v) is 4.53. The van der Waals surface area contributed by atoms with Crippen LogP contribution in [0.5, 0.6) is 11.5 Å². The highest BCUT2D eigenvalue weighted by atomic mass is 31.2. The van der Waals surface area contributed by atoms with E-state index in [0.717, 1.165) is 0 Å². The third-order valence-corrected chi connectivity index (χ3v) is 6.21. The standard InChI is InChI=1S/C22H21O6P/c1-2-26-21(23)22(24,18-12-6-3-7-13-18)29(25,27-19-14-8-4-9-15-19)28-20-16-10-5-11-17-20/h3-17,24H,2H2,1H3. The van der Waals surface area contributed by atoms with Crippen LogP contribution in [0.1, 0.15) is 12.5 Å². The summed E-state index contributed by atoms with van der Waals surface area (Å²) < 4.78 is 30.5. The van der Waals surface area contributed by atoms with Crippen LogP contribution < -0.4 is 9.05 Å². The van der Waals surface area contributed by atoms with E-state index in [0.29, 0.717) is 0 Å². The van der Waals surface area contributed by atoms with Crippen molar-refractivity contribution in [2.75, 3.05) is 6.61 Å². The van der Waals surface area contributed by atoms with Gasteiger partial charge in [0, 0.05) is 5.56 Å². The summed E-state index contributed by atoms with van der Waals surface area (Å²) in [5, 5.41) is 8.85. The highest BCUT2D eigenvalue weighted by Crippen LogP contribution is 2.63. The van der Waals surface area contributed by atoms with E-state index >= 15 is 0 Å². The summed E-state index contributed by atoms with van der Waals surface area (Å²) in [5.41, 5.74) is 0.0358. The molecule has 0 aliphatic carbocycles.